The molecule has 4 rings (SSSR count). The zero-order valence-corrected chi connectivity index (χ0v) is 10.6. The molecule has 2 aromatic heterocycles. The first-order valence-electron chi connectivity index (χ1n) is 5.66. The number of H-pyrrole nitrogens is 2. The molecule has 84 valence electrons. The highest BCUT2D eigenvalue weighted by Gasteiger charge is 2.23. The van der Waals surface area contributed by atoms with E-state index in [4.69, 9.17) is 0 Å². The van der Waals surface area contributed by atoms with Gasteiger partial charge >= 0.3 is 0 Å². The minimum atomic E-state index is 1.06. The van der Waals surface area contributed by atoms with E-state index < -0.39 is 0 Å². The van der Waals surface area contributed by atoms with Crippen LogP contribution in [0.3, 0.4) is 0 Å². The molecular weight excluding hydrogens is 278 g/mol. The molecule has 2 heterocycles. The number of aryl methyl sites for hydroxylation is 2. The van der Waals surface area contributed by atoms with E-state index in [-0.39, 0.29) is 0 Å². The van der Waals surface area contributed by atoms with Crippen molar-refractivity contribution < 1.29 is 0 Å². The second-order valence-corrected chi connectivity index (χ2v) is 5.25. The third-order valence-corrected chi connectivity index (χ3v) is 4.14. The van der Waals surface area contributed by atoms with E-state index in [2.05, 4.69) is 49.3 Å². The summed E-state index contributed by atoms with van der Waals surface area (Å²) in [6, 6.07) is 6.26. The Balaban J connectivity index is 2.14. The Kier molecular flexibility index (Phi) is 1.80. The summed E-state index contributed by atoms with van der Waals surface area (Å²) in [5.74, 6) is 0. The van der Waals surface area contributed by atoms with E-state index in [1.807, 2.05) is 6.20 Å². The van der Waals surface area contributed by atoms with Crippen LogP contribution < -0.4 is 0 Å². The van der Waals surface area contributed by atoms with Gasteiger partial charge in [0, 0.05) is 21.6 Å². The van der Waals surface area contributed by atoms with E-state index in [1.54, 1.807) is 0 Å². The van der Waals surface area contributed by atoms with E-state index in [1.165, 1.54) is 27.7 Å². The first-order valence-corrected chi connectivity index (χ1v) is 6.46. The molecule has 0 unspecified atom stereocenters. The van der Waals surface area contributed by atoms with Gasteiger partial charge in [-0.05, 0) is 36.1 Å². The second-order valence-electron chi connectivity index (χ2n) is 4.40. The van der Waals surface area contributed by atoms with Crippen molar-refractivity contribution in [2.24, 2.45) is 0 Å². The Morgan fingerprint density at radius 2 is 2.18 bits per heavy atom. The Morgan fingerprint density at radius 3 is 3.12 bits per heavy atom. The van der Waals surface area contributed by atoms with Gasteiger partial charge < -0.3 is 4.98 Å². The number of rotatable bonds is 0. The number of hydrogen-bond donors (Lipinski definition) is 2. The number of hydrogen-bond acceptors (Lipinski definition) is 1. The summed E-state index contributed by atoms with van der Waals surface area (Å²) in [4.78, 5) is 3.49. The van der Waals surface area contributed by atoms with Crippen LogP contribution in [0.15, 0.2) is 28.9 Å². The van der Waals surface area contributed by atoms with E-state index >= 15 is 0 Å². The molecule has 0 spiro atoms. The third-order valence-electron chi connectivity index (χ3n) is 3.48. The van der Waals surface area contributed by atoms with Crippen molar-refractivity contribution in [3.63, 3.8) is 0 Å². The summed E-state index contributed by atoms with van der Waals surface area (Å²) in [6.45, 7) is 0. The highest BCUT2D eigenvalue weighted by molar-refractivity contribution is 9.10. The predicted molar refractivity (Wildman–Crippen MR) is 71.0 cm³/mol. The van der Waals surface area contributed by atoms with Crippen molar-refractivity contribution in [1.29, 1.82) is 0 Å². The second kappa shape index (κ2) is 3.23. The molecule has 1 aliphatic rings. The Hall–Kier alpha value is -1.55. The summed E-state index contributed by atoms with van der Waals surface area (Å²) < 4.78 is 1.16. The summed E-state index contributed by atoms with van der Waals surface area (Å²) in [7, 11) is 0. The van der Waals surface area contributed by atoms with Gasteiger partial charge in [0.2, 0.25) is 0 Å². The van der Waals surface area contributed by atoms with Gasteiger partial charge in [0.25, 0.3) is 0 Å². The monoisotopic (exact) mass is 287 g/mol. The molecule has 0 fully saturated rings. The molecule has 0 atom stereocenters. The number of nitrogens with zero attached hydrogens (tertiary/aromatic N) is 1. The molecule has 2 N–H and O–H groups in total. The van der Waals surface area contributed by atoms with Crippen LogP contribution in [0.4, 0.5) is 0 Å². The number of benzene rings is 1. The molecule has 0 aliphatic heterocycles. The fourth-order valence-electron chi connectivity index (χ4n) is 2.70. The standard InChI is InChI=1S/C13H10BrN3/c14-9-2-1-3-10-11(9)8-5-4-7-6-15-17-12(7)13(8)16-10/h1-3,6,16H,4-5H2,(H,15,17). The predicted octanol–water partition coefficient (Wildman–Crippen LogP) is 3.42. The van der Waals surface area contributed by atoms with Crippen molar-refractivity contribution in [3.8, 4) is 11.4 Å². The topological polar surface area (TPSA) is 44.5 Å². The molecule has 17 heavy (non-hydrogen) atoms. The molecule has 1 aromatic carbocycles. The van der Waals surface area contributed by atoms with Crippen LogP contribution in [0.1, 0.15) is 11.1 Å². The Bertz CT molecular complexity index is 723. The molecule has 0 radical (unpaired) electrons. The maximum atomic E-state index is 4.35. The lowest BCUT2D eigenvalue weighted by molar-refractivity contribution is 0.947. The van der Waals surface area contributed by atoms with Crippen molar-refractivity contribution in [1.82, 2.24) is 15.2 Å². The van der Waals surface area contributed by atoms with Crippen LogP contribution >= 0.6 is 15.9 Å². The molecule has 3 nitrogen and oxygen atoms in total. The van der Waals surface area contributed by atoms with Crippen LogP contribution in [0.25, 0.3) is 22.3 Å². The lowest BCUT2D eigenvalue weighted by atomic mass is 9.94. The number of halogens is 1. The van der Waals surface area contributed by atoms with E-state index in [9.17, 15) is 0 Å². The van der Waals surface area contributed by atoms with E-state index in [0.29, 0.717) is 0 Å². The zero-order valence-electron chi connectivity index (χ0n) is 9.05. The van der Waals surface area contributed by atoms with Gasteiger partial charge in [-0.2, -0.15) is 5.10 Å². The molecule has 4 heteroatoms. The van der Waals surface area contributed by atoms with Crippen LogP contribution in [-0.4, -0.2) is 15.2 Å². The largest absolute Gasteiger partial charge is 0.353 e. The van der Waals surface area contributed by atoms with Crippen LogP contribution in [-0.2, 0) is 12.8 Å². The maximum Gasteiger partial charge on any atom is 0.112 e. The molecule has 3 aromatic rings. The minimum absolute atomic E-state index is 1.06. The number of aromatic amines is 2. The molecule has 0 saturated heterocycles. The Labute approximate surface area is 106 Å². The quantitative estimate of drug-likeness (QED) is 0.654. The Morgan fingerprint density at radius 1 is 1.24 bits per heavy atom. The zero-order chi connectivity index (χ0) is 11.4. The minimum Gasteiger partial charge on any atom is -0.353 e. The SMILES string of the molecule is Brc1cccc2[nH]c3c(c12)CCc1c[nH]nc1-3. The smallest absolute Gasteiger partial charge is 0.112 e. The average Bonchev–Trinajstić information content (AvgIpc) is 2.91. The summed E-state index contributed by atoms with van der Waals surface area (Å²) in [5, 5.41) is 8.61. The highest BCUT2D eigenvalue weighted by Crippen LogP contribution is 2.38. The summed E-state index contributed by atoms with van der Waals surface area (Å²) in [5.41, 5.74) is 6.12. The van der Waals surface area contributed by atoms with Crippen molar-refractivity contribution in [3.05, 3.63) is 40.0 Å². The van der Waals surface area contributed by atoms with Gasteiger partial charge in [0.15, 0.2) is 0 Å². The number of aromatic nitrogens is 3. The molecule has 1 aliphatic carbocycles. The van der Waals surface area contributed by atoms with Gasteiger partial charge in [-0.15, -0.1) is 0 Å². The molecule has 0 saturated carbocycles. The van der Waals surface area contributed by atoms with Crippen molar-refractivity contribution >= 4 is 26.8 Å². The first-order chi connectivity index (χ1) is 8.34. The summed E-state index contributed by atoms with van der Waals surface area (Å²) in [6.07, 6.45) is 4.14. The lowest BCUT2D eigenvalue weighted by Gasteiger charge is -2.10. The van der Waals surface area contributed by atoms with Gasteiger partial charge in [-0.25, -0.2) is 0 Å². The molecule has 0 bridgehead atoms. The first kappa shape index (κ1) is 9.48. The number of nitrogens with one attached hydrogen (secondary N) is 2. The van der Waals surface area contributed by atoms with Crippen molar-refractivity contribution in [2.75, 3.05) is 0 Å². The fraction of sp³-hybridized carbons (Fsp3) is 0.154. The molecular formula is C13H10BrN3. The maximum absolute atomic E-state index is 4.35. The van der Waals surface area contributed by atoms with Gasteiger partial charge in [-0.3, -0.25) is 5.10 Å². The number of fused-ring (bicyclic) bond motifs is 5. The molecule has 0 amide bonds. The average molecular weight is 288 g/mol. The van der Waals surface area contributed by atoms with Crippen LogP contribution in [0.5, 0.6) is 0 Å². The fourth-order valence-corrected chi connectivity index (χ4v) is 3.31. The van der Waals surface area contributed by atoms with Crippen LogP contribution in [0.2, 0.25) is 0 Å². The van der Waals surface area contributed by atoms with Gasteiger partial charge in [0.1, 0.15) is 5.69 Å². The van der Waals surface area contributed by atoms with Gasteiger partial charge in [0.05, 0.1) is 5.69 Å². The van der Waals surface area contributed by atoms with E-state index in [0.717, 1.165) is 23.0 Å². The summed E-state index contributed by atoms with van der Waals surface area (Å²) >= 11 is 3.64. The van der Waals surface area contributed by atoms with Gasteiger partial charge in [-0.1, -0.05) is 22.0 Å². The lowest BCUT2D eigenvalue weighted by Crippen LogP contribution is -2.00. The third kappa shape index (κ3) is 1.19. The van der Waals surface area contributed by atoms with Crippen LogP contribution in [0, 0.1) is 0 Å². The normalized spacial score (nSPS) is 13.7. The van der Waals surface area contributed by atoms with Crippen molar-refractivity contribution in [2.45, 2.75) is 12.8 Å². The highest BCUT2D eigenvalue weighted by atomic mass is 79.9.